The molecule has 0 bridgehead atoms. The van der Waals surface area contributed by atoms with E-state index in [1.807, 2.05) is 20.8 Å². The molecule has 2 rings (SSSR count). The summed E-state index contributed by atoms with van der Waals surface area (Å²) in [6, 6.07) is 10.2. The van der Waals surface area contributed by atoms with Crippen molar-refractivity contribution >= 4 is 35.0 Å². The van der Waals surface area contributed by atoms with Gasteiger partial charge in [0.1, 0.15) is 11.9 Å². The topological polar surface area (TPSA) is 49.4 Å². The molecule has 2 amide bonds. The Bertz CT molecular complexity index is 874. The maximum Gasteiger partial charge on any atom is 0.243 e. The van der Waals surface area contributed by atoms with Crippen LogP contribution >= 0.6 is 23.2 Å². The number of halogens is 3. The van der Waals surface area contributed by atoms with Gasteiger partial charge in [0.2, 0.25) is 11.8 Å². The second-order valence-corrected chi connectivity index (χ2v) is 8.15. The summed E-state index contributed by atoms with van der Waals surface area (Å²) in [7, 11) is 0. The number of carbonyl (C=O) groups excluding carboxylic acids is 2. The fourth-order valence-electron chi connectivity index (χ4n) is 3.07. The van der Waals surface area contributed by atoms with Crippen LogP contribution in [0.4, 0.5) is 4.39 Å². The Balaban J connectivity index is 2.32. The molecule has 2 aromatic rings. The first kappa shape index (κ1) is 24.2. The zero-order chi connectivity index (χ0) is 22.3. The van der Waals surface area contributed by atoms with Crippen LogP contribution in [-0.2, 0) is 22.6 Å². The smallest absolute Gasteiger partial charge is 0.243 e. The van der Waals surface area contributed by atoms with Crippen LogP contribution < -0.4 is 5.32 Å². The molecule has 0 heterocycles. The highest BCUT2D eigenvalue weighted by Crippen LogP contribution is 2.24. The first-order valence-electron chi connectivity index (χ1n) is 10.0. The van der Waals surface area contributed by atoms with Gasteiger partial charge < -0.3 is 10.2 Å². The molecule has 0 fully saturated rings. The molecular formula is C23H27Cl2FN2O2. The van der Waals surface area contributed by atoms with Gasteiger partial charge in [-0.05, 0) is 55.2 Å². The van der Waals surface area contributed by atoms with E-state index >= 15 is 0 Å². The Kier molecular flexibility index (Phi) is 9.12. The Labute approximate surface area is 187 Å². The Morgan fingerprint density at radius 2 is 1.73 bits per heavy atom. The fourth-order valence-corrected chi connectivity index (χ4v) is 3.54. The maximum absolute atomic E-state index is 13.2. The second-order valence-electron chi connectivity index (χ2n) is 7.30. The number of rotatable bonds is 9. The standard InChI is InChI=1S/C23H27Cl2FN2O2/c1-4-15(3)27-23(30)21(5-2)28(14-17-8-9-18(24)13-20(17)25)22(29)12-16-6-10-19(26)11-7-16/h6-11,13,15,21H,4-5,12,14H2,1-3H3,(H,27,30)/t15-,21-/m1/s1. The van der Waals surface area contributed by atoms with Crippen LogP contribution in [0.5, 0.6) is 0 Å². The molecule has 0 aliphatic carbocycles. The van der Waals surface area contributed by atoms with Crippen LogP contribution in [0.2, 0.25) is 10.0 Å². The van der Waals surface area contributed by atoms with Gasteiger partial charge in [0.05, 0.1) is 6.42 Å². The predicted molar refractivity (Wildman–Crippen MR) is 119 cm³/mol. The summed E-state index contributed by atoms with van der Waals surface area (Å²) < 4.78 is 13.2. The van der Waals surface area contributed by atoms with E-state index in [1.165, 1.54) is 17.0 Å². The summed E-state index contributed by atoms with van der Waals surface area (Å²) in [6.45, 7) is 5.94. The van der Waals surface area contributed by atoms with Gasteiger partial charge in [0.15, 0.2) is 0 Å². The molecule has 0 unspecified atom stereocenters. The monoisotopic (exact) mass is 452 g/mol. The van der Waals surface area contributed by atoms with Crippen molar-refractivity contribution in [2.45, 2.75) is 58.7 Å². The van der Waals surface area contributed by atoms with Crippen LogP contribution in [0.25, 0.3) is 0 Å². The van der Waals surface area contributed by atoms with Crippen molar-refractivity contribution in [3.8, 4) is 0 Å². The van der Waals surface area contributed by atoms with Crippen LogP contribution in [0.15, 0.2) is 42.5 Å². The fraction of sp³-hybridized carbons (Fsp3) is 0.391. The SMILES string of the molecule is CC[C@@H](C)NC(=O)[C@@H](CC)N(Cc1ccc(Cl)cc1Cl)C(=O)Cc1ccc(F)cc1. The Morgan fingerprint density at radius 3 is 2.30 bits per heavy atom. The molecule has 0 saturated carbocycles. The summed E-state index contributed by atoms with van der Waals surface area (Å²) >= 11 is 12.3. The molecule has 7 heteroatoms. The maximum atomic E-state index is 13.2. The van der Waals surface area contributed by atoms with Gasteiger partial charge in [-0.2, -0.15) is 0 Å². The number of benzene rings is 2. The summed E-state index contributed by atoms with van der Waals surface area (Å²) in [5, 5.41) is 3.89. The average Bonchev–Trinajstić information content (AvgIpc) is 2.70. The summed E-state index contributed by atoms with van der Waals surface area (Å²) in [5.41, 5.74) is 1.37. The van der Waals surface area contributed by atoms with Gasteiger partial charge in [-0.1, -0.05) is 55.2 Å². The van der Waals surface area contributed by atoms with Crippen molar-refractivity contribution in [2.24, 2.45) is 0 Å². The third kappa shape index (κ3) is 6.71. The van der Waals surface area contributed by atoms with Crippen LogP contribution in [0.1, 0.15) is 44.7 Å². The van der Waals surface area contributed by atoms with Crippen molar-refractivity contribution < 1.29 is 14.0 Å². The lowest BCUT2D eigenvalue weighted by atomic mass is 10.1. The quantitative estimate of drug-likeness (QED) is 0.553. The minimum absolute atomic E-state index is 0.000259. The summed E-state index contributed by atoms with van der Waals surface area (Å²) in [5.74, 6) is -0.807. The van der Waals surface area contributed by atoms with E-state index in [0.717, 1.165) is 6.42 Å². The lowest BCUT2D eigenvalue weighted by Crippen LogP contribution is -2.51. The molecular weight excluding hydrogens is 426 g/mol. The number of nitrogens with one attached hydrogen (secondary N) is 1. The third-order valence-corrected chi connectivity index (χ3v) is 5.60. The van der Waals surface area contributed by atoms with E-state index in [1.54, 1.807) is 30.3 Å². The van der Waals surface area contributed by atoms with Gasteiger partial charge in [0, 0.05) is 22.6 Å². The van der Waals surface area contributed by atoms with Gasteiger partial charge in [0.25, 0.3) is 0 Å². The third-order valence-electron chi connectivity index (χ3n) is 5.01. The highest BCUT2D eigenvalue weighted by Gasteiger charge is 2.29. The lowest BCUT2D eigenvalue weighted by Gasteiger charge is -2.32. The number of amides is 2. The molecule has 2 atom stereocenters. The minimum Gasteiger partial charge on any atom is -0.352 e. The normalized spacial score (nSPS) is 12.9. The molecule has 0 radical (unpaired) electrons. The zero-order valence-corrected chi connectivity index (χ0v) is 18.9. The van der Waals surface area contributed by atoms with Crippen molar-refractivity contribution in [2.75, 3.05) is 0 Å². The molecule has 30 heavy (non-hydrogen) atoms. The van der Waals surface area contributed by atoms with E-state index in [4.69, 9.17) is 23.2 Å². The first-order valence-corrected chi connectivity index (χ1v) is 10.8. The van der Waals surface area contributed by atoms with Gasteiger partial charge in [-0.3, -0.25) is 9.59 Å². The molecule has 162 valence electrons. The molecule has 0 spiro atoms. The van der Waals surface area contributed by atoms with Gasteiger partial charge in [-0.15, -0.1) is 0 Å². The zero-order valence-electron chi connectivity index (χ0n) is 17.4. The van der Waals surface area contributed by atoms with Crippen LogP contribution in [-0.4, -0.2) is 28.8 Å². The average molecular weight is 453 g/mol. The number of hydrogen-bond acceptors (Lipinski definition) is 2. The minimum atomic E-state index is -0.654. The van der Waals surface area contributed by atoms with Crippen molar-refractivity contribution in [3.63, 3.8) is 0 Å². The van der Waals surface area contributed by atoms with E-state index in [0.29, 0.717) is 27.6 Å². The van der Waals surface area contributed by atoms with Crippen molar-refractivity contribution in [1.82, 2.24) is 10.2 Å². The summed E-state index contributed by atoms with van der Waals surface area (Å²) in [6.07, 6.45) is 1.29. The molecule has 0 saturated heterocycles. The molecule has 2 aromatic carbocycles. The van der Waals surface area contributed by atoms with E-state index in [9.17, 15) is 14.0 Å². The molecule has 0 aromatic heterocycles. The van der Waals surface area contributed by atoms with E-state index in [-0.39, 0.29) is 36.6 Å². The Hall–Kier alpha value is -2.11. The summed E-state index contributed by atoms with van der Waals surface area (Å²) in [4.78, 5) is 27.7. The first-order chi connectivity index (χ1) is 14.2. The molecule has 0 aliphatic heterocycles. The highest BCUT2D eigenvalue weighted by molar-refractivity contribution is 6.35. The molecule has 0 aliphatic rings. The highest BCUT2D eigenvalue weighted by atomic mass is 35.5. The van der Waals surface area contributed by atoms with Gasteiger partial charge in [-0.25, -0.2) is 4.39 Å². The van der Waals surface area contributed by atoms with Crippen LogP contribution in [0.3, 0.4) is 0 Å². The van der Waals surface area contributed by atoms with E-state index in [2.05, 4.69) is 5.32 Å². The Morgan fingerprint density at radius 1 is 1.07 bits per heavy atom. The molecule has 4 nitrogen and oxygen atoms in total. The van der Waals surface area contributed by atoms with Gasteiger partial charge >= 0.3 is 0 Å². The number of nitrogens with zero attached hydrogens (tertiary/aromatic N) is 1. The largest absolute Gasteiger partial charge is 0.352 e. The lowest BCUT2D eigenvalue weighted by molar-refractivity contribution is -0.141. The number of hydrogen-bond donors (Lipinski definition) is 1. The van der Waals surface area contributed by atoms with E-state index < -0.39 is 6.04 Å². The van der Waals surface area contributed by atoms with Crippen molar-refractivity contribution in [3.05, 3.63) is 69.5 Å². The predicted octanol–water partition coefficient (Wildman–Crippen LogP) is 5.40. The molecule has 1 N–H and O–H groups in total. The number of carbonyl (C=O) groups is 2. The van der Waals surface area contributed by atoms with Crippen LogP contribution in [0, 0.1) is 5.82 Å². The van der Waals surface area contributed by atoms with Crippen molar-refractivity contribution in [1.29, 1.82) is 0 Å². The second kappa shape index (κ2) is 11.3.